The molecule has 1 aliphatic rings. The van der Waals surface area contributed by atoms with Crippen molar-refractivity contribution in [2.24, 2.45) is 5.92 Å². The summed E-state index contributed by atoms with van der Waals surface area (Å²) in [5.74, 6) is -0.911. The zero-order valence-electron chi connectivity index (χ0n) is 14.1. The van der Waals surface area contributed by atoms with Crippen molar-refractivity contribution < 1.29 is 19.4 Å². The van der Waals surface area contributed by atoms with Gasteiger partial charge in [-0.3, -0.25) is 9.59 Å². The fraction of sp³-hybridized carbons (Fsp3) is 0.389. The first-order valence-electron chi connectivity index (χ1n) is 8.13. The molecule has 0 saturated heterocycles. The van der Waals surface area contributed by atoms with Gasteiger partial charge in [0.25, 0.3) is 5.91 Å². The summed E-state index contributed by atoms with van der Waals surface area (Å²) in [7, 11) is 1.61. The largest absolute Gasteiger partial charge is 0.497 e. The van der Waals surface area contributed by atoms with E-state index in [4.69, 9.17) is 9.84 Å². The molecule has 1 heterocycles. The molecule has 1 unspecified atom stereocenters. The number of aliphatic carboxylic acids is 1. The number of methoxy groups -OCH3 is 1. The predicted octanol–water partition coefficient (Wildman–Crippen LogP) is 3.14. The number of hydrogen-bond donors (Lipinski definition) is 1. The van der Waals surface area contributed by atoms with E-state index in [1.807, 2.05) is 24.3 Å². The first-order valence-corrected chi connectivity index (χ1v) is 9.01. The first kappa shape index (κ1) is 17.4. The van der Waals surface area contributed by atoms with E-state index >= 15 is 0 Å². The third kappa shape index (κ3) is 3.99. The maximum Gasteiger partial charge on any atom is 0.308 e. The number of carboxylic acids is 1. The molecule has 1 N–H and O–H groups in total. The number of carboxylic acid groups (broad SMARTS) is 1. The van der Waals surface area contributed by atoms with Gasteiger partial charge in [-0.2, -0.15) is 0 Å². The Morgan fingerprint density at radius 1 is 1.36 bits per heavy atom. The van der Waals surface area contributed by atoms with Gasteiger partial charge in [-0.1, -0.05) is 6.92 Å². The van der Waals surface area contributed by atoms with Crippen LogP contribution in [0.3, 0.4) is 0 Å². The third-order valence-electron chi connectivity index (χ3n) is 4.20. The number of carbonyl (C=O) groups is 2. The van der Waals surface area contributed by atoms with Crippen LogP contribution in [0.2, 0.25) is 0 Å². The topological polar surface area (TPSA) is 79.7 Å². The molecule has 2 aromatic rings. The van der Waals surface area contributed by atoms with Gasteiger partial charge in [-0.25, -0.2) is 4.98 Å². The lowest BCUT2D eigenvalue weighted by atomic mass is 10.1. The zero-order chi connectivity index (χ0) is 18.0. The molecule has 3 rings (SSSR count). The Bertz CT molecular complexity index is 768. The smallest absolute Gasteiger partial charge is 0.308 e. The highest BCUT2D eigenvalue weighted by Crippen LogP contribution is 2.31. The molecule has 6 nitrogen and oxygen atoms in total. The van der Waals surface area contributed by atoms with Crippen molar-refractivity contribution in [1.29, 1.82) is 0 Å². The van der Waals surface area contributed by atoms with Crippen LogP contribution in [0.5, 0.6) is 5.75 Å². The van der Waals surface area contributed by atoms with Crippen molar-refractivity contribution in [3.63, 3.8) is 0 Å². The average Bonchev–Trinajstić information content (AvgIpc) is 3.34. The molecule has 1 aromatic heterocycles. The van der Waals surface area contributed by atoms with Crippen LogP contribution in [0, 0.1) is 5.92 Å². The van der Waals surface area contributed by atoms with Crippen molar-refractivity contribution in [2.75, 3.05) is 13.7 Å². The second-order valence-electron chi connectivity index (χ2n) is 6.19. The van der Waals surface area contributed by atoms with Crippen molar-refractivity contribution in [1.82, 2.24) is 9.88 Å². The number of rotatable bonds is 7. The van der Waals surface area contributed by atoms with Crippen molar-refractivity contribution in [3.8, 4) is 16.3 Å². The molecule has 1 atom stereocenters. The molecule has 7 heteroatoms. The van der Waals surface area contributed by atoms with E-state index in [1.165, 1.54) is 11.3 Å². The molecule has 1 amide bonds. The fourth-order valence-electron chi connectivity index (χ4n) is 2.54. The Kier molecular flexibility index (Phi) is 5.03. The van der Waals surface area contributed by atoms with Crippen LogP contribution >= 0.6 is 11.3 Å². The summed E-state index contributed by atoms with van der Waals surface area (Å²) in [5.41, 5.74) is 1.29. The molecular formula is C18H20N2O4S. The first-order chi connectivity index (χ1) is 12.0. The maximum absolute atomic E-state index is 12.8. The van der Waals surface area contributed by atoms with E-state index in [0.717, 1.165) is 29.2 Å². The van der Waals surface area contributed by atoms with Gasteiger partial charge in [0, 0.05) is 23.5 Å². The summed E-state index contributed by atoms with van der Waals surface area (Å²) in [6.07, 6.45) is 1.85. The third-order valence-corrected chi connectivity index (χ3v) is 5.09. The van der Waals surface area contributed by atoms with E-state index < -0.39 is 11.9 Å². The summed E-state index contributed by atoms with van der Waals surface area (Å²) in [4.78, 5) is 30.0. The van der Waals surface area contributed by atoms with Gasteiger partial charge in [0.15, 0.2) is 0 Å². The van der Waals surface area contributed by atoms with Crippen LogP contribution in [-0.2, 0) is 4.79 Å². The summed E-state index contributed by atoms with van der Waals surface area (Å²) >= 11 is 1.40. The number of thiazole rings is 1. The van der Waals surface area contributed by atoms with Crippen LogP contribution in [0.25, 0.3) is 10.6 Å². The number of nitrogens with zero attached hydrogens (tertiary/aromatic N) is 2. The Balaban J connectivity index is 1.77. The number of hydrogen-bond acceptors (Lipinski definition) is 5. The molecule has 1 aliphatic carbocycles. The van der Waals surface area contributed by atoms with Gasteiger partial charge in [0.05, 0.1) is 13.0 Å². The van der Waals surface area contributed by atoms with E-state index in [2.05, 4.69) is 4.98 Å². The van der Waals surface area contributed by atoms with Crippen molar-refractivity contribution in [2.45, 2.75) is 25.8 Å². The molecule has 132 valence electrons. The highest BCUT2D eigenvalue weighted by molar-refractivity contribution is 7.13. The number of aromatic nitrogens is 1. The lowest BCUT2D eigenvalue weighted by Gasteiger charge is -2.23. The van der Waals surface area contributed by atoms with Crippen LogP contribution in [0.15, 0.2) is 29.6 Å². The molecule has 1 fully saturated rings. The Morgan fingerprint density at radius 2 is 2.04 bits per heavy atom. The molecule has 0 spiro atoms. The summed E-state index contributed by atoms with van der Waals surface area (Å²) in [6.45, 7) is 1.84. The number of benzene rings is 1. The van der Waals surface area contributed by atoms with E-state index in [0.29, 0.717) is 5.69 Å². The van der Waals surface area contributed by atoms with Gasteiger partial charge >= 0.3 is 5.97 Å². The minimum Gasteiger partial charge on any atom is -0.497 e. The van der Waals surface area contributed by atoms with Crippen molar-refractivity contribution in [3.05, 3.63) is 35.3 Å². The van der Waals surface area contributed by atoms with Gasteiger partial charge in [-0.05, 0) is 37.1 Å². The number of amides is 1. The van der Waals surface area contributed by atoms with Gasteiger partial charge in [0.2, 0.25) is 0 Å². The summed E-state index contributed by atoms with van der Waals surface area (Å²) < 4.78 is 5.14. The number of ether oxygens (including phenoxy) is 1. The molecule has 0 radical (unpaired) electrons. The lowest BCUT2D eigenvalue weighted by Crippen LogP contribution is -2.38. The standard InChI is InChI=1S/C18H20N2O4S/c1-11(18(22)23)9-20(13-5-6-13)17(21)15-10-25-16(19-15)12-3-7-14(24-2)8-4-12/h3-4,7-8,10-11,13H,5-6,9H2,1-2H3,(H,22,23). The lowest BCUT2D eigenvalue weighted by molar-refractivity contribution is -0.141. The molecule has 0 aliphatic heterocycles. The molecule has 1 aromatic carbocycles. The van der Waals surface area contributed by atoms with Crippen LogP contribution in [-0.4, -0.2) is 46.6 Å². The summed E-state index contributed by atoms with van der Waals surface area (Å²) in [6, 6.07) is 7.64. The minimum absolute atomic E-state index is 0.139. The van der Waals surface area contributed by atoms with Crippen LogP contribution in [0.4, 0.5) is 0 Å². The molecule has 0 bridgehead atoms. The maximum atomic E-state index is 12.8. The molecular weight excluding hydrogens is 340 g/mol. The molecule has 1 saturated carbocycles. The highest BCUT2D eigenvalue weighted by atomic mass is 32.1. The van der Waals surface area contributed by atoms with E-state index in [9.17, 15) is 9.59 Å². The minimum atomic E-state index is -0.893. The van der Waals surface area contributed by atoms with Crippen molar-refractivity contribution >= 4 is 23.2 Å². The van der Waals surface area contributed by atoms with Gasteiger partial charge < -0.3 is 14.7 Å². The predicted molar refractivity (Wildman–Crippen MR) is 95.0 cm³/mol. The van der Waals surface area contributed by atoms with Crippen LogP contribution < -0.4 is 4.74 Å². The Morgan fingerprint density at radius 3 is 2.60 bits per heavy atom. The van der Waals surface area contributed by atoms with Gasteiger partial charge in [0.1, 0.15) is 16.5 Å². The SMILES string of the molecule is COc1ccc(-c2nc(C(=O)N(CC(C)C(=O)O)C3CC3)cs2)cc1. The van der Waals surface area contributed by atoms with Gasteiger partial charge in [-0.15, -0.1) is 11.3 Å². The quantitative estimate of drug-likeness (QED) is 0.820. The second-order valence-corrected chi connectivity index (χ2v) is 7.05. The number of carbonyl (C=O) groups excluding carboxylic acids is 1. The second kappa shape index (κ2) is 7.23. The van der Waals surface area contributed by atoms with Crippen LogP contribution in [0.1, 0.15) is 30.3 Å². The average molecular weight is 360 g/mol. The highest BCUT2D eigenvalue weighted by Gasteiger charge is 2.35. The monoisotopic (exact) mass is 360 g/mol. The Labute approximate surface area is 150 Å². The normalized spacial score (nSPS) is 14.8. The van der Waals surface area contributed by atoms with E-state index in [1.54, 1.807) is 24.3 Å². The summed E-state index contributed by atoms with van der Waals surface area (Å²) in [5, 5.41) is 11.6. The fourth-order valence-corrected chi connectivity index (χ4v) is 3.34. The Hall–Kier alpha value is -2.41. The zero-order valence-corrected chi connectivity index (χ0v) is 15.0. The molecule has 25 heavy (non-hydrogen) atoms. The van der Waals surface area contributed by atoms with E-state index in [-0.39, 0.29) is 18.5 Å².